The van der Waals surface area contributed by atoms with Crippen LogP contribution in [0.3, 0.4) is 0 Å². The van der Waals surface area contributed by atoms with Gasteiger partial charge in [-0.05, 0) is 11.6 Å². The highest BCUT2D eigenvalue weighted by molar-refractivity contribution is 5.87. The van der Waals surface area contributed by atoms with Gasteiger partial charge in [0.15, 0.2) is 0 Å². The average molecular weight is 174 g/mol. The number of amides is 1. The van der Waals surface area contributed by atoms with Crippen molar-refractivity contribution in [3.8, 4) is 0 Å². The number of carbonyl (C=O) groups excluding carboxylic acids is 1. The highest BCUT2D eigenvalue weighted by Crippen LogP contribution is 2.32. The highest BCUT2D eigenvalue weighted by Gasteiger charge is 2.36. The number of nitrogens with one attached hydrogen (secondary N) is 1. The molecule has 0 aliphatic carbocycles. The topological polar surface area (TPSA) is 32.3 Å². The molecule has 0 radical (unpaired) electrons. The van der Waals surface area contributed by atoms with Crippen LogP contribution in [0.2, 0.25) is 0 Å². The monoisotopic (exact) mass is 174 g/mol. The van der Waals surface area contributed by atoms with Gasteiger partial charge in [0.25, 0.3) is 0 Å². The lowest BCUT2D eigenvalue weighted by Gasteiger charge is -2.15. The van der Waals surface area contributed by atoms with Gasteiger partial charge in [0, 0.05) is 12.1 Å². The minimum atomic E-state index is 0.138. The van der Waals surface area contributed by atoms with Crippen molar-refractivity contribution in [1.82, 2.24) is 5.32 Å². The molecule has 3 rings (SSSR count). The Hall–Kier alpha value is -1.51. The van der Waals surface area contributed by atoms with E-state index < -0.39 is 0 Å². The number of para-hydroxylation sites is 1. The van der Waals surface area contributed by atoms with Gasteiger partial charge < -0.3 is 10.2 Å². The van der Waals surface area contributed by atoms with Crippen LogP contribution < -0.4 is 10.2 Å². The number of hydrogen-bond acceptors (Lipinski definition) is 2. The molecule has 66 valence electrons. The van der Waals surface area contributed by atoms with Gasteiger partial charge in [0.05, 0.1) is 6.54 Å². The van der Waals surface area contributed by atoms with Gasteiger partial charge in [0.2, 0.25) is 5.91 Å². The van der Waals surface area contributed by atoms with Crippen LogP contribution in [0.25, 0.3) is 0 Å². The maximum atomic E-state index is 11.1. The second-order valence-electron chi connectivity index (χ2n) is 3.54. The summed E-state index contributed by atoms with van der Waals surface area (Å²) in [7, 11) is 0. The van der Waals surface area contributed by atoms with Crippen molar-refractivity contribution in [3.05, 3.63) is 29.8 Å². The second-order valence-corrected chi connectivity index (χ2v) is 3.54. The van der Waals surface area contributed by atoms with E-state index in [9.17, 15) is 4.79 Å². The molecule has 1 fully saturated rings. The summed E-state index contributed by atoms with van der Waals surface area (Å²) in [4.78, 5) is 13.3. The molecule has 1 amide bonds. The standard InChI is InChI=1S/C10H10N2O/c13-10-6-12-8-4-2-1-3-7(8)5-9(12)11-10/h1-4,9H,5-6H2,(H,11,13). The molecular formula is C10H10N2O. The van der Waals surface area contributed by atoms with E-state index in [0.29, 0.717) is 6.54 Å². The Balaban J connectivity index is 2.06. The first-order chi connectivity index (χ1) is 6.34. The van der Waals surface area contributed by atoms with Gasteiger partial charge in [-0.3, -0.25) is 4.79 Å². The van der Waals surface area contributed by atoms with E-state index in [1.165, 1.54) is 11.3 Å². The quantitative estimate of drug-likeness (QED) is 0.621. The molecule has 3 nitrogen and oxygen atoms in total. The lowest BCUT2D eigenvalue weighted by atomic mass is 10.1. The summed E-state index contributed by atoms with van der Waals surface area (Å²) >= 11 is 0. The molecule has 1 atom stereocenters. The van der Waals surface area contributed by atoms with Crippen molar-refractivity contribution in [2.24, 2.45) is 0 Å². The van der Waals surface area contributed by atoms with E-state index in [1.54, 1.807) is 0 Å². The number of nitrogens with zero attached hydrogens (tertiary/aromatic N) is 1. The van der Waals surface area contributed by atoms with Crippen LogP contribution in [0, 0.1) is 0 Å². The minimum absolute atomic E-state index is 0.138. The van der Waals surface area contributed by atoms with Gasteiger partial charge in [-0.15, -0.1) is 0 Å². The molecule has 0 spiro atoms. The van der Waals surface area contributed by atoms with Crippen molar-refractivity contribution in [3.63, 3.8) is 0 Å². The summed E-state index contributed by atoms with van der Waals surface area (Å²) in [6, 6.07) is 8.27. The second kappa shape index (κ2) is 2.25. The Morgan fingerprint density at radius 3 is 3.15 bits per heavy atom. The maximum absolute atomic E-state index is 11.1. The summed E-state index contributed by atoms with van der Waals surface area (Å²) in [6.07, 6.45) is 1.16. The fraction of sp³-hybridized carbons (Fsp3) is 0.300. The van der Waals surface area contributed by atoms with Crippen molar-refractivity contribution >= 4 is 11.6 Å². The molecule has 1 aromatic rings. The predicted octanol–water partition coefficient (Wildman–Crippen LogP) is 0.505. The summed E-state index contributed by atoms with van der Waals surface area (Å²) in [5.41, 5.74) is 2.55. The first-order valence-corrected chi connectivity index (χ1v) is 4.48. The third kappa shape index (κ3) is 0.869. The molecule has 3 heteroatoms. The van der Waals surface area contributed by atoms with E-state index in [4.69, 9.17) is 0 Å². The van der Waals surface area contributed by atoms with E-state index in [2.05, 4.69) is 22.3 Å². The molecular weight excluding hydrogens is 164 g/mol. The van der Waals surface area contributed by atoms with Crippen LogP contribution in [-0.2, 0) is 11.2 Å². The molecule has 0 aromatic heterocycles. The van der Waals surface area contributed by atoms with Crippen molar-refractivity contribution in [1.29, 1.82) is 0 Å². The average Bonchev–Trinajstić information content (AvgIpc) is 2.60. The number of carbonyl (C=O) groups is 1. The molecule has 2 heterocycles. The molecule has 1 aromatic carbocycles. The lowest BCUT2D eigenvalue weighted by Crippen LogP contribution is -2.32. The Morgan fingerprint density at radius 2 is 2.23 bits per heavy atom. The molecule has 1 saturated heterocycles. The largest absolute Gasteiger partial charge is 0.341 e. The van der Waals surface area contributed by atoms with Crippen LogP contribution in [0.15, 0.2) is 24.3 Å². The number of rotatable bonds is 0. The molecule has 2 aliphatic heterocycles. The fourth-order valence-electron chi connectivity index (χ4n) is 2.16. The normalized spacial score (nSPS) is 24.2. The van der Waals surface area contributed by atoms with Gasteiger partial charge in [-0.25, -0.2) is 0 Å². The number of benzene rings is 1. The van der Waals surface area contributed by atoms with Gasteiger partial charge in [-0.1, -0.05) is 18.2 Å². The Bertz CT molecular complexity index is 375. The Morgan fingerprint density at radius 1 is 1.38 bits per heavy atom. The predicted molar refractivity (Wildman–Crippen MR) is 49.4 cm³/mol. The molecule has 1 unspecified atom stereocenters. The molecule has 13 heavy (non-hydrogen) atoms. The van der Waals surface area contributed by atoms with Crippen LogP contribution in [0.1, 0.15) is 5.56 Å². The number of fused-ring (bicyclic) bond motifs is 3. The van der Waals surface area contributed by atoms with Crippen LogP contribution in [0.5, 0.6) is 0 Å². The van der Waals surface area contributed by atoms with Crippen LogP contribution in [0.4, 0.5) is 5.69 Å². The summed E-state index contributed by atoms with van der Waals surface area (Å²) in [6.45, 7) is 0.516. The van der Waals surface area contributed by atoms with Gasteiger partial charge in [0.1, 0.15) is 6.17 Å². The Labute approximate surface area is 76.4 Å². The number of hydrogen-bond donors (Lipinski definition) is 1. The zero-order chi connectivity index (χ0) is 8.84. The smallest absolute Gasteiger partial charge is 0.241 e. The van der Waals surface area contributed by atoms with Crippen LogP contribution >= 0.6 is 0 Å². The Kier molecular flexibility index (Phi) is 1.20. The van der Waals surface area contributed by atoms with Crippen LogP contribution in [-0.4, -0.2) is 18.6 Å². The summed E-state index contributed by atoms with van der Waals surface area (Å²) < 4.78 is 0. The molecule has 2 aliphatic rings. The van der Waals surface area contributed by atoms with Crippen molar-refractivity contribution in [2.75, 3.05) is 11.4 Å². The third-order valence-corrected chi connectivity index (χ3v) is 2.73. The van der Waals surface area contributed by atoms with Crippen molar-refractivity contribution in [2.45, 2.75) is 12.6 Å². The highest BCUT2D eigenvalue weighted by atomic mass is 16.2. The van der Waals surface area contributed by atoms with E-state index >= 15 is 0 Å². The molecule has 1 N–H and O–H groups in total. The summed E-state index contributed by atoms with van der Waals surface area (Å²) in [5, 5.41) is 2.95. The van der Waals surface area contributed by atoms with E-state index in [-0.39, 0.29) is 12.1 Å². The fourth-order valence-corrected chi connectivity index (χ4v) is 2.16. The number of anilines is 1. The van der Waals surface area contributed by atoms with Gasteiger partial charge in [-0.2, -0.15) is 0 Å². The molecule has 0 bridgehead atoms. The minimum Gasteiger partial charge on any atom is -0.341 e. The maximum Gasteiger partial charge on any atom is 0.241 e. The zero-order valence-corrected chi connectivity index (χ0v) is 7.16. The zero-order valence-electron chi connectivity index (χ0n) is 7.16. The van der Waals surface area contributed by atoms with Crippen molar-refractivity contribution < 1.29 is 4.79 Å². The SMILES string of the molecule is O=C1CN2c3ccccc3CC2N1. The first kappa shape index (κ1) is 6.95. The lowest BCUT2D eigenvalue weighted by molar-refractivity contribution is -0.118. The van der Waals surface area contributed by atoms with E-state index in [0.717, 1.165) is 6.42 Å². The molecule has 0 saturated carbocycles. The van der Waals surface area contributed by atoms with E-state index in [1.807, 2.05) is 12.1 Å². The first-order valence-electron chi connectivity index (χ1n) is 4.48. The summed E-state index contributed by atoms with van der Waals surface area (Å²) in [5.74, 6) is 0.138. The van der Waals surface area contributed by atoms with Gasteiger partial charge >= 0.3 is 0 Å². The third-order valence-electron chi connectivity index (χ3n) is 2.73.